The molecule has 0 radical (unpaired) electrons. The number of carbonyl (C=O) groups is 1. The number of para-hydroxylation sites is 1. The summed E-state index contributed by atoms with van der Waals surface area (Å²) < 4.78 is 13.7. The first-order valence-electron chi connectivity index (χ1n) is 8.37. The number of halogens is 1. The predicted molar refractivity (Wildman–Crippen MR) is 105 cm³/mol. The average molecular weight is 369 g/mol. The summed E-state index contributed by atoms with van der Waals surface area (Å²) >= 11 is 1.28. The first kappa shape index (κ1) is 18.1. The lowest BCUT2D eigenvalue weighted by Gasteiger charge is -2.07. The molecule has 2 N–H and O–H groups in total. The van der Waals surface area contributed by atoms with Crippen molar-refractivity contribution in [3.63, 3.8) is 0 Å². The molecule has 0 atom stereocenters. The van der Waals surface area contributed by atoms with Crippen LogP contribution in [0.4, 0.5) is 20.9 Å². The highest BCUT2D eigenvalue weighted by atomic mass is 32.1. The SMILES string of the molecule is CCc1ccccc1Nc1nc(C)c(C(=O)Nc2ccc(C)c(F)c2)s1. The molecule has 0 aliphatic heterocycles. The summed E-state index contributed by atoms with van der Waals surface area (Å²) in [5, 5.41) is 6.67. The maximum absolute atomic E-state index is 13.7. The van der Waals surface area contributed by atoms with E-state index in [9.17, 15) is 9.18 Å². The third-order valence-corrected chi connectivity index (χ3v) is 5.14. The number of hydrogen-bond acceptors (Lipinski definition) is 4. The van der Waals surface area contributed by atoms with Gasteiger partial charge < -0.3 is 10.6 Å². The minimum absolute atomic E-state index is 0.292. The summed E-state index contributed by atoms with van der Waals surface area (Å²) in [6.45, 7) is 5.56. The van der Waals surface area contributed by atoms with Crippen molar-refractivity contribution >= 4 is 33.8 Å². The molecule has 134 valence electrons. The van der Waals surface area contributed by atoms with Crippen molar-refractivity contribution in [2.24, 2.45) is 0 Å². The van der Waals surface area contributed by atoms with Crippen LogP contribution in [0.25, 0.3) is 0 Å². The molecule has 26 heavy (non-hydrogen) atoms. The van der Waals surface area contributed by atoms with Gasteiger partial charge in [0.2, 0.25) is 0 Å². The van der Waals surface area contributed by atoms with Gasteiger partial charge in [-0.3, -0.25) is 4.79 Å². The maximum Gasteiger partial charge on any atom is 0.267 e. The molecular formula is C20H20FN3OS. The standard InChI is InChI=1S/C20H20FN3OS/c1-4-14-7-5-6-8-17(14)24-20-22-13(3)18(26-20)19(25)23-15-10-9-12(2)16(21)11-15/h5-11H,4H2,1-3H3,(H,22,24)(H,23,25). The van der Waals surface area contributed by atoms with Gasteiger partial charge in [0.15, 0.2) is 5.13 Å². The van der Waals surface area contributed by atoms with Crippen LogP contribution in [0.15, 0.2) is 42.5 Å². The molecule has 3 rings (SSSR count). The van der Waals surface area contributed by atoms with E-state index < -0.39 is 0 Å². The largest absolute Gasteiger partial charge is 0.331 e. The van der Waals surface area contributed by atoms with E-state index in [1.807, 2.05) is 18.2 Å². The molecule has 0 bridgehead atoms. The molecule has 2 aromatic carbocycles. The summed E-state index contributed by atoms with van der Waals surface area (Å²) in [5.74, 6) is -0.637. The number of thiazole rings is 1. The van der Waals surface area contributed by atoms with Crippen molar-refractivity contribution in [2.75, 3.05) is 10.6 Å². The Kier molecular flexibility index (Phi) is 5.32. The molecule has 1 aromatic heterocycles. The van der Waals surface area contributed by atoms with E-state index in [1.165, 1.54) is 23.0 Å². The highest BCUT2D eigenvalue weighted by molar-refractivity contribution is 7.17. The van der Waals surface area contributed by atoms with Crippen molar-refractivity contribution in [2.45, 2.75) is 27.2 Å². The van der Waals surface area contributed by atoms with E-state index >= 15 is 0 Å². The molecule has 0 aliphatic carbocycles. The molecule has 0 fully saturated rings. The van der Waals surface area contributed by atoms with E-state index in [0.717, 1.165) is 12.1 Å². The van der Waals surface area contributed by atoms with Crippen molar-refractivity contribution < 1.29 is 9.18 Å². The molecular weight excluding hydrogens is 349 g/mol. The maximum atomic E-state index is 13.7. The number of nitrogens with zero attached hydrogens (tertiary/aromatic N) is 1. The number of aromatic nitrogens is 1. The number of amides is 1. The Morgan fingerprint density at radius 3 is 2.69 bits per heavy atom. The Morgan fingerprint density at radius 2 is 1.96 bits per heavy atom. The quantitative estimate of drug-likeness (QED) is 0.628. The monoisotopic (exact) mass is 369 g/mol. The number of anilines is 3. The third-order valence-electron chi connectivity index (χ3n) is 4.07. The second kappa shape index (κ2) is 7.66. The third kappa shape index (κ3) is 3.91. The van der Waals surface area contributed by atoms with E-state index in [2.05, 4.69) is 28.6 Å². The van der Waals surface area contributed by atoms with Crippen LogP contribution in [0.1, 0.15) is 33.4 Å². The average Bonchev–Trinajstić information content (AvgIpc) is 2.99. The van der Waals surface area contributed by atoms with Gasteiger partial charge in [0, 0.05) is 11.4 Å². The topological polar surface area (TPSA) is 54.0 Å². The fourth-order valence-electron chi connectivity index (χ4n) is 2.58. The van der Waals surface area contributed by atoms with E-state index in [0.29, 0.717) is 27.0 Å². The second-order valence-electron chi connectivity index (χ2n) is 5.99. The molecule has 3 aromatic rings. The fraction of sp³-hybridized carbons (Fsp3) is 0.200. The van der Waals surface area contributed by atoms with Crippen LogP contribution < -0.4 is 10.6 Å². The van der Waals surface area contributed by atoms with Gasteiger partial charge in [0.25, 0.3) is 5.91 Å². The van der Waals surface area contributed by atoms with Crippen LogP contribution >= 0.6 is 11.3 Å². The van der Waals surface area contributed by atoms with E-state index in [-0.39, 0.29) is 11.7 Å². The molecule has 4 nitrogen and oxygen atoms in total. The number of carbonyl (C=O) groups excluding carboxylic acids is 1. The van der Waals surface area contributed by atoms with Gasteiger partial charge in [-0.05, 0) is 49.6 Å². The number of nitrogens with one attached hydrogen (secondary N) is 2. The first-order chi connectivity index (χ1) is 12.5. The highest BCUT2D eigenvalue weighted by Gasteiger charge is 2.16. The predicted octanol–water partition coefficient (Wildman–Crippen LogP) is 5.46. The van der Waals surface area contributed by atoms with Gasteiger partial charge >= 0.3 is 0 Å². The van der Waals surface area contributed by atoms with Crippen molar-refractivity contribution in [1.29, 1.82) is 0 Å². The fourth-order valence-corrected chi connectivity index (χ4v) is 3.46. The lowest BCUT2D eigenvalue weighted by atomic mass is 10.1. The number of rotatable bonds is 5. The zero-order valence-corrected chi connectivity index (χ0v) is 15.7. The molecule has 0 unspecified atom stereocenters. The number of benzene rings is 2. The van der Waals surface area contributed by atoms with Gasteiger partial charge in [-0.25, -0.2) is 9.37 Å². The van der Waals surface area contributed by atoms with Crippen molar-refractivity contribution in [1.82, 2.24) is 4.98 Å². The summed E-state index contributed by atoms with van der Waals surface area (Å²) in [4.78, 5) is 17.5. The lowest BCUT2D eigenvalue weighted by Crippen LogP contribution is -2.11. The molecule has 0 saturated carbocycles. The van der Waals surface area contributed by atoms with Crippen LogP contribution in [0.2, 0.25) is 0 Å². The number of hydrogen-bond donors (Lipinski definition) is 2. The Labute approximate surface area is 156 Å². The minimum atomic E-state index is -0.345. The second-order valence-corrected chi connectivity index (χ2v) is 6.99. The Bertz CT molecular complexity index is 952. The Hall–Kier alpha value is -2.73. The normalized spacial score (nSPS) is 10.6. The zero-order valence-electron chi connectivity index (χ0n) is 14.9. The van der Waals surface area contributed by atoms with Gasteiger partial charge in [-0.15, -0.1) is 0 Å². The molecule has 0 spiro atoms. The summed E-state index contributed by atoms with van der Waals surface area (Å²) in [6.07, 6.45) is 0.903. The van der Waals surface area contributed by atoms with Crippen LogP contribution in [-0.2, 0) is 6.42 Å². The van der Waals surface area contributed by atoms with Crippen LogP contribution in [0.5, 0.6) is 0 Å². The summed E-state index contributed by atoms with van der Waals surface area (Å²) in [7, 11) is 0. The Balaban J connectivity index is 1.79. The van der Waals surface area contributed by atoms with Crippen LogP contribution in [-0.4, -0.2) is 10.9 Å². The van der Waals surface area contributed by atoms with E-state index in [1.54, 1.807) is 26.0 Å². The minimum Gasteiger partial charge on any atom is -0.331 e. The smallest absolute Gasteiger partial charge is 0.267 e. The van der Waals surface area contributed by atoms with E-state index in [4.69, 9.17) is 0 Å². The van der Waals surface area contributed by atoms with Crippen LogP contribution in [0, 0.1) is 19.7 Å². The van der Waals surface area contributed by atoms with Gasteiger partial charge in [-0.1, -0.05) is 42.5 Å². The van der Waals surface area contributed by atoms with Crippen molar-refractivity contribution in [3.8, 4) is 0 Å². The van der Waals surface area contributed by atoms with Gasteiger partial charge in [0.05, 0.1) is 5.69 Å². The Morgan fingerprint density at radius 1 is 1.19 bits per heavy atom. The van der Waals surface area contributed by atoms with Gasteiger partial charge in [0.1, 0.15) is 10.7 Å². The molecule has 6 heteroatoms. The summed E-state index contributed by atoms with van der Waals surface area (Å²) in [5.41, 5.74) is 3.77. The molecule has 0 aliphatic rings. The van der Waals surface area contributed by atoms with Crippen LogP contribution in [0.3, 0.4) is 0 Å². The van der Waals surface area contributed by atoms with Gasteiger partial charge in [-0.2, -0.15) is 0 Å². The highest BCUT2D eigenvalue weighted by Crippen LogP contribution is 2.28. The lowest BCUT2D eigenvalue weighted by molar-refractivity contribution is 0.103. The molecule has 1 heterocycles. The zero-order chi connectivity index (χ0) is 18.7. The molecule has 0 saturated heterocycles. The number of aryl methyl sites for hydroxylation is 3. The van der Waals surface area contributed by atoms with Crippen molar-refractivity contribution in [3.05, 3.63) is 70.0 Å². The molecule has 1 amide bonds. The first-order valence-corrected chi connectivity index (χ1v) is 9.19. The summed E-state index contributed by atoms with van der Waals surface area (Å²) in [6, 6.07) is 12.6.